The molecule has 0 aliphatic carbocycles. The SMILES string of the molecule is C/C(Cn1nc(Cc2ccccc2)oc1=O)=N/Nc1ccccc1. The van der Waals surface area contributed by atoms with Gasteiger partial charge in [0.2, 0.25) is 5.89 Å². The number of aromatic nitrogens is 2. The molecule has 0 aliphatic rings. The van der Waals surface area contributed by atoms with Crippen molar-refractivity contribution in [1.82, 2.24) is 9.78 Å². The van der Waals surface area contributed by atoms with E-state index in [0.717, 1.165) is 17.0 Å². The van der Waals surface area contributed by atoms with Gasteiger partial charge in [0.15, 0.2) is 0 Å². The average molecular weight is 322 g/mol. The molecule has 3 rings (SSSR count). The Bertz CT molecular complexity index is 867. The van der Waals surface area contributed by atoms with Crippen molar-refractivity contribution >= 4 is 11.4 Å². The maximum absolute atomic E-state index is 11.9. The molecule has 1 heterocycles. The Labute approximate surface area is 139 Å². The Morgan fingerprint density at radius 2 is 1.79 bits per heavy atom. The third kappa shape index (κ3) is 4.19. The van der Waals surface area contributed by atoms with Crippen molar-refractivity contribution in [2.24, 2.45) is 5.10 Å². The highest BCUT2D eigenvalue weighted by atomic mass is 16.4. The van der Waals surface area contributed by atoms with Gasteiger partial charge in [-0.2, -0.15) is 9.78 Å². The Kier molecular flexibility index (Phi) is 4.86. The summed E-state index contributed by atoms with van der Waals surface area (Å²) in [4.78, 5) is 11.9. The molecule has 0 bridgehead atoms. The van der Waals surface area contributed by atoms with E-state index in [-0.39, 0.29) is 6.54 Å². The van der Waals surface area contributed by atoms with Crippen LogP contribution >= 0.6 is 0 Å². The van der Waals surface area contributed by atoms with Gasteiger partial charge in [0.1, 0.15) is 0 Å². The molecule has 2 aromatic carbocycles. The van der Waals surface area contributed by atoms with Crippen LogP contribution in [0.3, 0.4) is 0 Å². The second kappa shape index (κ2) is 7.41. The monoisotopic (exact) mass is 322 g/mol. The largest absolute Gasteiger partial charge is 0.437 e. The molecule has 0 saturated carbocycles. The van der Waals surface area contributed by atoms with Crippen molar-refractivity contribution in [1.29, 1.82) is 0 Å². The number of benzene rings is 2. The molecule has 0 fully saturated rings. The van der Waals surface area contributed by atoms with Gasteiger partial charge < -0.3 is 4.42 Å². The minimum absolute atomic E-state index is 0.275. The highest BCUT2D eigenvalue weighted by Gasteiger charge is 2.09. The molecule has 0 saturated heterocycles. The first kappa shape index (κ1) is 15.7. The molecular formula is C18H18N4O2. The maximum Gasteiger partial charge on any atom is 0.437 e. The summed E-state index contributed by atoms with van der Waals surface area (Å²) >= 11 is 0. The number of hydrogen-bond acceptors (Lipinski definition) is 5. The van der Waals surface area contributed by atoms with Gasteiger partial charge in [0, 0.05) is 0 Å². The summed E-state index contributed by atoms with van der Waals surface area (Å²) in [6, 6.07) is 19.4. The van der Waals surface area contributed by atoms with E-state index in [0.29, 0.717) is 12.3 Å². The molecule has 3 aromatic rings. The van der Waals surface area contributed by atoms with Gasteiger partial charge in [-0.3, -0.25) is 5.43 Å². The topological polar surface area (TPSA) is 72.4 Å². The average Bonchev–Trinajstić information content (AvgIpc) is 2.94. The van der Waals surface area contributed by atoms with Gasteiger partial charge in [0.25, 0.3) is 0 Å². The highest BCUT2D eigenvalue weighted by Crippen LogP contribution is 2.06. The summed E-state index contributed by atoms with van der Waals surface area (Å²) in [5, 5.41) is 8.48. The van der Waals surface area contributed by atoms with Crippen LogP contribution in [0.1, 0.15) is 18.4 Å². The molecule has 122 valence electrons. The van der Waals surface area contributed by atoms with Crippen molar-refractivity contribution in [2.75, 3.05) is 5.43 Å². The number of hydrazone groups is 1. The van der Waals surface area contributed by atoms with Crippen LogP contribution in [0.2, 0.25) is 0 Å². The summed E-state index contributed by atoms with van der Waals surface area (Å²) in [5.74, 6) is -0.0785. The lowest BCUT2D eigenvalue weighted by atomic mass is 10.2. The summed E-state index contributed by atoms with van der Waals surface area (Å²) < 4.78 is 6.48. The van der Waals surface area contributed by atoms with E-state index >= 15 is 0 Å². The molecule has 0 amide bonds. The van der Waals surface area contributed by atoms with Crippen LogP contribution in [-0.2, 0) is 13.0 Å². The molecular weight excluding hydrogens is 304 g/mol. The molecule has 0 unspecified atom stereocenters. The number of para-hydroxylation sites is 1. The molecule has 0 spiro atoms. The minimum Gasteiger partial charge on any atom is -0.392 e. The molecule has 1 N–H and O–H groups in total. The van der Waals surface area contributed by atoms with Crippen LogP contribution in [-0.4, -0.2) is 15.5 Å². The lowest BCUT2D eigenvalue weighted by molar-refractivity contribution is 0.459. The first-order valence-electron chi connectivity index (χ1n) is 7.66. The summed E-state index contributed by atoms with van der Waals surface area (Å²) in [5.41, 5.74) is 5.59. The summed E-state index contributed by atoms with van der Waals surface area (Å²) in [6.07, 6.45) is 0.488. The Balaban J connectivity index is 1.66. The van der Waals surface area contributed by atoms with Crippen molar-refractivity contribution in [3.63, 3.8) is 0 Å². The number of hydrogen-bond donors (Lipinski definition) is 1. The molecule has 0 aliphatic heterocycles. The standard InChI is InChI=1S/C18H18N4O2/c1-14(19-20-16-10-6-3-7-11-16)13-22-18(23)24-17(21-22)12-15-8-4-2-5-9-15/h2-11,20H,12-13H2,1H3/b19-14-. The molecule has 0 atom stereocenters. The second-order valence-corrected chi connectivity index (χ2v) is 5.41. The molecule has 6 nitrogen and oxygen atoms in total. The van der Waals surface area contributed by atoms with Crippen molar-refractivity contribution < 1.29 is 4.42 Å². The van der Waals surface area contributed by atoms with Crippen LogP contribution in [0.25, 0.3) is 0 Å². The van der Waals surface area contributed by atoms with Gasteiger partial charge in [-0.05, 0) is 24.6 Å². The van der Waals surface area contributed by atoms with E-state index < -0.39 is 5.76 Å². The van der Waals surface area contributed by atoms with Crippen molar-refractivity contribution in [3.8, 4) is 0 Å². The second-order valence-electron chi connectivity index (χ2n) is 5.41. The van der Waals surface area contributed by atoms with E-state index in [4.69, 9.17) is 4.42 Å². The Morgan fingerprint density at radius 3 is 2.50 bits per heavy atom. The Morgan fingerprint density at radius 1 is 1.12 bits per heavy atom. The number of nitrogens with zero attached hydrogens (tertiary/aromatic N) is 3. The Hall–Kier alpha value is -3.15. The molecule has 1 aromatic heterocycles. The fourth-order valence-corrected chi connectivity index (χ4v) is 2.22. The third-order valence-corrected chi connectivity index (χ3v) is 3.37. The van der Waals surface area contributed by atoms with E-state index in [1.807, 2.05) is 67.6 Å². The summed E-state index contributed by atoms with van der Waals surface area (Å²) in [7, 11) is 0. The molecule has 6 heteroatoms. The first-order chi connectivity index (χ1) is 11.7. The minimum atomic E-state index is -0.477. The van der Waals surface area contributed by atoms with Crippen molar-refractivity contribution in [2.45, 2.75) is 19.9 Å². The van der Waals surface area contributed by atoms with Crippen LogP contribution < -0.4 is 11.2 Å². The van der Waals surface area contributed by atoms with Gasteiger partial charge in [-0.15, -0.1) is 5.10 Å². The van der Waals surface area contributed by atoms with Crippen LogP contribution in [0.5, 0.6) is 0 Å². The van der Waals surface area contributed by atoms with Gasteiger partial charge in [0.05, 0.1) is 24.4 Å². The zero-order valence-corrected chi connectivity index (χ0v) is 13.3. The zero-order valence-electron chi connectivity index (χ0n) is 13.3. The lowest BCUT2D eigenvalue weighted by Crippen LogP contribution is -2.20. The lowest BCUT2D eigenvalue weighted by Gasteiger charge is -2.02. The van der Waals surface area contributed by atoms with Crippen molar-refractivity contribution in [3.05, 3.63) is 82.7 Å². The fourth-order valence-electron chi connectivity index (χ4n) is 2.22. The fraction of sp³-hybridized carbons (Fsp3) is 0.167. The quantitative estimate of drug-likeness (QED) is 0.559. The number of rotatable bonds is 6. The third-order valence-electron chi connectivity index (χ3n) is 3.37. The molecule has 24 heavy (non-hydrogen) atoms. The predicted molar refractivity (Wildman–Crippen MR) is 93.2 cm³/mol. The van der Waals surface area contributed by atoms with E-state index in [1.165, 1.54) is 4.68 Å². The smallest absolute Gasteiger partial charge is 0.392 e. The normalized spacial score (nSPS) is 11.5. The first-order valence-corrected chi connectivity index (χ1v) is 7.66. The van der Waals surface area contributed by atoms with E-state index in [9.17, 15) is 4.79 Å². The highest BCUT2D eigenvalue weighted by molar-refractivity contribution is 5.82. The van der Waals surface area contributed by atoms with Gasteiger partial charge in [-0.25, -0.2) is 4.79 Å². The molecule has 0 radical (unpaired) electrons. The van der Waals surface area contributed by atoms with E-state index in [1.54, 1.807) is 0 Å². The van der Waals surface area contributed by atoms with Gasteiger partial charge >= 0.3 is 5.76 Å². The summed E-state index contributed by atoms with van der Waals surface area (Å²) in [6.45, 7) is 2.10. The predicted octanol–water partition coefficient (Wildman–Crippen LogP) is 2.92. The zero-order chi connectivity index (χ0) is 16.8. The number of nitrogens with one attached hydrogen (secondary N) is 1. The van der Waals surface area contributed by atoms with Crippen LogP contribution in [0.15, 0.2) is 75.0 Å². The number of anilines is 1. The van der Waals surface area contributed by atoms with E-state index in [2.05, 4.69) is 15.6 Å². The van der Waals surface area contributed by atoms with Crippen LogP contribution in [0, 0.1) is 0 Å². The van der Waals surface area contributed by atoms with Crippen LogP contribution in [0.4, 0.5) is 5.69 Å². The maximum atomic E-state index is 11.9. The van der Waals surface area contributed by atoms with Gasteiger partial charge in [-0.1, -0.05) is 48.5 Å².